The molecule has 0 fully saturated rings. The lowest BCUT2D eigenvalue weighted by Crippen LogP contribution is -2.47. The lowest BCUT2D eigenvalue weighted by molar-refractivity contribution is -0.0177. The number of ether oxygens (including phenoxy) is 2. The van der Waals surface area contributed by atoms with Crippen molar-refractivity contribution in [2.45, 2.75) is 69.7 Å². The number of sulfonamides is 1. The normalized spacial score (nSPS) is 20.5. The molecule has 0 aliphatic carbocycles. The van der Waals surface area contributed by atoms with Gasteiger partial charge in [0.15, 0.2) is 0 Å². The summed E-state index contributed by atoms with van der Waals surface area (Å²) in [5.74, 6) is -0.819. The van der Waals surface area contributed by atoms with Gasteiger partial charge in [0.05, 0.1) is 45.4 Å². The number of anilines is 1. The van der Waals surface area contributed by atoms with Gasteiger partial charge in [-0.15, -0.1) is 0 Å². The molecule has 48 heavy (non-hydrogen) atoms. The number of likely N-dealkylation sites (N-methyl/N-ethyl adjacent to an activating group) is 1. The summed E-state index contributed by atoms with van der Waals surface area (Å²) in [5, 5.41) is 11.2. The Kier molecular flexibility index (Phi) is 13.5. The largest absolute Gasteiger partial charge is 0.490 e. The molecule has 0 radical (unpaired) electrons. The Morgan fingerprint density at radius 1 is 1.06 bits per heavy atom. The molecular weight excluding hydrogens is 680 g/mol. The number of aliphatic hydroxyl groups is 1. The van der Waals surface area contributed by atoms with Crippen LogP contribution in [-0.2, 0) is 21.3 Å². The van der Waals surface area contributed by atoms with E-state index < -0.39 is 27.8 Å². The number of rotatable bonds is 9. The highest BCUT2D eigenvalue weighted by molar-refractivity contribution is 7.92. The molecule has 1 aliphatic heterocycles. The van der Waals surface area contributed by atoms with Crippen LogP contribution in [0, 0.1) is 11.7 Å². The zero-order chi connectivity index (χ0) is 35.0. The first-order chi connectivity index (χ1) is 22.8. The summed E-state index contributed by atoms with van der Waals surface area (Å²) < 4.78 is 54.8. The van der Waals surface area contributed by atoms with Crippen LogP contribution in [0.1, 0.15) is 56.0 Å². The van der Waals surface area contributed by atoms with Gasteiger partial charge in [0.25, 0.3) is 15.9 Å². The maximum atomic E-state index is 14.4. The molecule has 4 atom stereocenters. The van der Waals surface area contributed by atoms with Crippen molar-refractivity contribution < 1.29 is 32.2 Å². The number of benzene rings is 3. The molecule has 9 nitrogen and oxygen atoms in total. The fraction of sp³-hybridized carbons (Fsp3) is 0.457. The van der Waals surface area contributed by atoms with Gasteiger partial charge >= 0.3 is 0 Å². The Balaban J connectivity index is 1.63. The van der Waals surface area contributed by atoms with Gasteiger partial charge in [-0.3, -0.25) is 14.4 Å². The monoisotopic (exact) mass is 723 g/mol. The molecule has 0 aromatic heterocycles. The van der Waals surface area contributed by atoms with E-state index in [0.717, 1.165) is 30.5 Å². The van der Waals surface area contributed by atoms with Gasteiger partial charge in [-0.2, -0.15) is 0 Å². The number of aliphatic hydroxyl groups excluding tert-OH is 1. The molecule has 0 spiro atoms. The Morgan fingerprint density at radius 3 is 2.48 bits per heavy atom. The molecule has 1 aliphatic rings. The summed E-state index contributed by atoms with van der Waals surface area (Å²) in [6.45, 7) is 7.38. The molecule has 0 unspecified atom stereocenters. The van der Waals surface area contributed by atoms with E-state index in [2.05, 4.69) is 9.62 Å². The number of fused-ring (bicyclic) bond motifs is 1. The number of nitrogens with one attached hydrogen (secondary N) is 1. The van der Waals surface area contributed by atoms with Crippen LogP contribution in [0.25, 0.3) is 0 Å². The van der Waals surface area contributed by atoms with E-state index in [-0.39, 0.29) is 47.4 Å². The second-order valence-corrected chi connectivity index (χ2v) is 15.0. The van der Waals surface area contributed by atoms with Crippen molar-refractivity contribution >= 4 is 44.8 Å². The predicted molar refractivity (Wildman–Crippen MR) is 187 cm³/mol. The molecule has 1 amide bonds. The summed E-state index contributed by atoms with van der Waals surface area (Å²) in [5.41, 5.74) is 1.29. The smallest absolute Gasteiger partial charge is 0.261 e. The molecule has 13 heteroatoms. The van der Waals surface area contributed by atoms with Gasteiger partial charge < -0.3 is 19.5 Å². The molecule has 2 N–H and O–H groups in total. The Labute approximate surface area is 293 Å². The number of nitrogens with zero attached hydrogens (tertiary/aromatic N) is 2. The first-order valence-corrected chi connectivity index (χ1v) is 18.3. The van der Waals surface area contributed by atoms with Crippen LogP contribution in [0.3, 0.4) is 0 Å². The molecule has 4 rings (SSSR count). The number of halogens is 3. The zero-order valence-electron chi connectivity index (χ0n) is 27.7. The third-order valence-corrected chi connectivity index (χ3v) is 10.5. The highest BCUT2D eigenvalue weighted by Crippen LogP contribution is 2.30. The van der Waals surface area contributed by atoms with E-state index in [1.165, 1.54) is 24.3 Å². The number of hydrogen-bond acceptors (Lipinski definition) is 7. The van der Waals surface area contributed by atoms with Crippen LogP contribution >= 0.6 is 23.2 Å². The average Bonchev–Trinajstić information content (AvgIpc) is 3.04. The van der Waals surface area contributed by atoms with Crippen LogP contribution in [0.4, 0.5) is 10.1 Å². The van der Waals surface area contributed by atoms with Gasteiger partial charge in [-0.1, -0.05) is 36.2 Å². The first-order valence-electron chi connectivity index (χ1n) is 16.0. The van der Waals surface area contributed by atoms with Crippen molar-refractivity contribution in [3.8, 4) is 5.75 Å². The third kappa shape index (κ3) is 10.3. The molecule has 262 valence electrons. The molecule has 3 aromatic carbocycles. The minimum atomic E-state index is -4.08. The average molecular weight is 725 g/mol. The van der Waals surface area contributed by atoms with E-state index in [4.69, 9.17) is 32.7 Å². The SMILES string of the molecule is C[C@H]1CCCCO[C@H](CN(C)Cc2ccc(Cl)c(Cl)c2)[C@@H](C)CN([C@@H](C)CO)C(=O)c2cc(NS(=O)(=O)c3ccc(F)cc3)ccc2O1. The van der Waals surface area contributed by atoms with E-state index in [0.29, 0.717) is 41.9 Å². The van der Waals surface area contributed by atoms with E-state index in [1.807, 2.05) is 33.0 Å². The van der Waals surface area contributed by atoms with Crippen LogP contribution in [0.15, 0.2) is 65.6 Å². The van der Waals surface area contributed by atoms with Crippen molar-refractivity contribution in [1.82, 2.24) is 9.80 Å². The van der Waals surface area contributed by atoms with Crippen LogP contribution in [0.5, 0.6) is 5.75 Å². The Hall–Kier alpha value is -2.93. The van der Waals surface area contributed by atoms with Crippen molar-refractivity contribution in [3.63, 3.8) is 0 Å². The molecule has 1 heterocycles. The summed E-state index contributed by atoms with van der Waals surface area (Å²) in [6, 6.07) is 14.0. The minimum absolute atomic E-state index is 0.125. The molecule has 3 aromatic rings. The summed E-state index contributed by atoms with van der Waals surface area (Å²) in [4.78, 5) is 17.9. The zero-order valence-corrected chi connectivity index (χ0v) is 30.0. The van der Waals surface area contributed by atoms with E-state index in [9.17, 15) is 22.7 Å². The summed E-state index contributed by atoms with van der Waals surface area (Å²) >= 11 is 12.4. The summed E-state index contributed by atoms with van der Waals surface area (Å²) in [7, 11) is -2.09. The van der Waals surface area contributed by atoms with Crippen molar-refractivity contribution in [2.24, 2.45) is 5.92 Å². The van der Waals surface area contributed by atoms with E-state index >= 15 is 0 Å². The summed E-state index contributed by atoms with van der Waals surface area (Å²) in [6.07, 6.45) is 1.89. The lowest BCUT2D eigenvalue weighted by Gasteiger charge is -2.36. The second kappa shape index (κ2) is 17.1. The van der Waals surface area contributed by atoms with Gasteiger partial charge in [0.1, 0.15) is 11.6 Å². The molecule has 0 bridgehead atoms. The van der Waals surface area contributed by atoms with Crippen LogP contribution in [0.2, 0.25) is 10.0 Å². The van der Waals surface area contributed by atoms with Crippen LogP contribution < -0.4 is 9.46 Å². The Morgan fingerprint density at radius 2 is 1.79 bits per heavy atom. The lowest BCUT2D eigenvalue weighted by atomic mass is 10.0. The molecular formula is C35H44Cl2FN3O6S. The first kappa shape index (κ1) is 37.9. The number of carbonyl (C=O) groups is 1. The van der Waals surface area contributed by atoms with Gasteiger partial charge in [0, 0.05) is 37.8 Å². The maximum Gasteiger partial charge on any atom is 0.261 e. The predicted octanol–water partition coefficient (Wildman–Crippen LogP) is 6.86. The van der Waals surface area contributed by atoms with Crippen molar-refractivity contribution in [3.05, 3.63) is 87.7 Å². The highest BCUT2D eigenvalue weighted by atomic mass is 35.5. The number of hydrogen-bond donors (Lipinski definition) is 2. The van der Waals surface area contributed by atoms with Gasteiger partial charge in [0.2, 0.25) is 0 Å². The second-order valence-electron chi connectivity index (χ2n) is 12.5. The fourth-order valence-corrected chi connectivity index (χ4v) is 6.97. The van der Waals surface area contributed by atoms with Gasteiger partial charge in [-0.25, -0.2) is 12.8 Å². The van der Waals surface area contributed by atoms with Crippen LogP contribution in [-0.4, -0.2) is 80.8 Å². The van der Waals surface area contributed by atoms with E-state index in [1.54, 1.807) is 24.0 Å². The highest BCUT2D eigenvalue weighted by Gasteiger charge is 2.31. The van der Waals surface area contributed by atoms with Crippen molar-refractivity contribution in [1.29, 1.82) is 0 Å². The third-order valence-electron chi connectivity index (χ3n) is 8.36. The number of amides is 1. The maximum absolute atomic E-state index is 14.4. The van der Waals surface area contributed by atoms with Gasteiger partial charge in [-0.05, 0) is 100 Å². The fourth-order valence-electron chi connectivity index (χ4n) is 5.60. The quantitative estimate of drug-likeness (QED) is 0.248. The minimum Gasteiger partial charge on any atom is -0.490 e. The Bertz CT molecular complexity index is 1650. The topological polar surface area (TPSA) is 108 Å². The number of carbonyl (C=O) groups excluding carboxylic acids is 1. The standard InChI is InChI=1S/C35H44Cl2FN3O6S/c1-23-19-41(24(2)22-42)35(43)30-18-28(39-48(44,45)29-12-9-27(38)10-13-29)11-15-33(30)47-25(3)7-5-6-16-46-34(23)21-40(4)20-26-8-14-31(36)32(37)17-26/h8-15,17-18,23-25,34,39,42H,5-7,16,19-22H2,1-4H3/t23-,24-,25-,34+/m0/s1. The van der Waals surface area contributed by atoms with Crippen molar-refractivity contribution in [2.75, 3.05) is 38.1 Å². The molecule has 0 saturated carbocycles. The molecule has 0 saturated heterocycles.